The molecule has 0 aliphatic heterocycles. The zero-order valence-corrected chi connectivity index (χ0v) is 11.4. The lowest BCUT2D eigenvalue weighted by Crippen LogP contribution is -2.21. The van der Waals surface area contributed by atoms with Crippen LogP contribution in [-0.2, 0) is 11.3 Å². The quantitative estimate of drug-likeness (QED) is 0.907. The molecule has 2 heterocycles. The van der Waals surface area contributed by atoms with Crippen molar-refractivity contribution in [1.82, 2.24) is 5.32 Å². The van der Waals surface area contributed by atoms with E-state index in [2.05, 4.69) is 10.1 Å². The van der Waals surface area contributed by atoms with Crippen LogP contribution in [0.15, 0.2) is 29.6 Å². The average molecular weight is 283 g/mol. The van der Waals surface area contributed by atoms with E-state index in [1.54, 1.807) is 0 Å². The number of aliphatic hydroxyl groups excluding tert-OH is 1. The summed E-state index contributed by atoms with van der Waals surface area (Å²) in [7, 11) is 1.33. The summed E-state index contributed by atoms with van der Waals surface area (Å²) in [6.07, 6.45) is -1.04. The van der Waals surface area contributed by atoms with Crippen molar-refractivity contribution in [2.24, 2.45) is 0 Å². The van der Waals surface area contributed by atoms with E-state index in [0.717, 1.165) is 14.6 Å². The van der Waals surface area contributed by atoms with E-state index in [1.807, 2.05) is 29.6 Å². The van der Waals surface area contributed by atoms with Crippen molar-refractivity contribution < 1.29 is 14.6 Å². The van der Waals surface area contributed by atoms with E-state index in [9.17, 15) is 9.90 Å². The fraction of sp³-hybridized carbons (Fsp3) is 0.250. The molecule has 6 heteroatoms. The van der Waals surface area contributed by atoms with Crippen LogP contribution in [0.3, 0.4) is 0 Å². The monoisotopic (exact) mass is 283 g/mol. The van der Waals surface area contributed by atoms with E-state index >= 15 is 0 Å². The van der Waals surface area contributed by atoms with Crippen LogP contribution >= 0.6 is 22.7 Å². The number of hydrogen-bond acceptors (Lipinski definition) is 5. The molecule has 1 atom stereocenters. The van der Waals surface area contributed by atoms with Crippen LogP contribution < -0.4 is 5.32 Å². The maximum Gasteiger partial charge on any atom is 0.407 e. The molecule has 2 aromatic heterocycles. The maximum absolute atomic E-state index is 10.9. The van der Waals surface area contributed by atoms with Crippen LogP contribution in [-0.4, -0.2) is 18.3 Å². The van der Waals surface area contributed by atoms with Crippen molar-refractivity contribution in [1.29, 1.82) is 0 Å². The van der Waals surface area contributed by atoms with Gasteiger partial charge in [-0.15, -0.1) is 22.7 Å². The van der Waals surface area contributed by atoms with Gasteiger partial charge >= 0.3 is 6.09 Å². The Hall–Kier alpha value is -1.37. The van der Waals surface area contributed by atoms with Gasteiger partial charge in [-0.1, -0.05) is 6.07 Å². The Kier molecular flexibility index (Phi) is 4.35. The first kappa shape index (κ1) is 13.1. The molecule has 2 rings (SSSR count). The number of ether oxygens (including phenoxy) is 1. The highest BCUT2D eigenvalue weighted by Gasteiger charge is 2.14. The van der Waals surface area contributed by atoms with Crippen LogP contribution in [0.1, 0.15) is 20.7 Å². The number of alkyl carbamates (subject to hydrolysis) is 1. The van der Waals surface area contributed by atoms with Crippen LogP contribution in [0.5, 0.6) is 0 Å². The fourth-order valence-corrected chi connectivity index (χ4v) is 3.21. The SMILES string of the molecule is COC(=O)NCc1ccc(C(O)c2cccs2)s1. The van der Waals surface area contributed by atoms with Crippen molar-refractivity contribution in [3.63, 3.8) is 0 Å². The van der Waals surface area contributed by atoms with Crippen molar-refractivity contribution >= 4 is 28.8 Å². The first-order chi connectivity index (χ1) is 8.70. The summed E-state index contributed by atoms with van der Waals surface area (Å²) in [5, 5.41) is 14.7. The van der Waals surface area contributed by atoms with Gasteiger partial charge in [0.05, 0.1) is 13.7 Å². The fourth-order valence-electron chi connectivity index (χ4n) is 1.45. The van der Waals surface area contributed by atoms with Crippen LogP contribution in [0.4, 0.5) is 4.79 Å². The van der Waals surface area contributed by atoms with E-state index in [-0.39, 0.29) is 0 Å². The summed E-state index contributed by atoms with van der Waals surface area (Å²) in [5.41, 5.74) is 0. The average Bonchev–Trinajstić information content (AvgIpc) is 3.05. The van der Waals surface area contributed by atoms with Crippen LogP contribution in [0.25, 0.3) is 0 Å². The molecular formula is C12H13NO3S2. The largest absolute Gasteiger partial charge is 0.453 e. The van der Waals surface area contributed by atoms with Gasteiger partial charge in [-0.2, -0.15) is 0 Å². The van der Waals surface area contributed by atoms with Gasteiger partial charge in [-0.3, -0.25) is 0 Å². The summed E-state index contributed by atoms with van der Waals surface area (Å²) < 4.78 is 4.49. The topological polar surface area (TPSA) is 58.6 Å². The number of rotatable bonds is 4. The van der Waals surface area contributed by atoms with Crippen LogP contribution in [0.2, 0.25) is 0 Å². The summed E-state index contributed by atoms with van der Waals surface area (Å²) >= 11 is 3.00. The van der Waals surface area contributed by atoms with E-state index in [4.69, 9.17) is 0 Å². The first-order valence-corrected chi connectivity index (χ1v) is 7.02. The van der Waals surface area contributed by atoms with Gasteiger partial charge in [0.2, 0.25) is 0 Å². The van der Waals surface area contributed by atoms with Crippen molar-refractivity contribution in [2.45, 2.75) is 12.6 Å². The Morgan fingerprint density at radius 2 is 2.28 bits per heavy atom. The zero-order chi connectivity index (χ0) is 13.0. The number of nitrogens with one attached hydrogen (secondary N) is 1. The predicted molar refractivity (Wildman–Crippen MR) is 71.9 cm³/mol. The van der Waals surface area contributed by atoms with Gasteiger partial charge in [0.15, 0.2) is 0 Å². The third-order valence-corrected chi connectivity index (χ3v) is 4.42. The Bertz CT molecular complexity index is 507. The van der Waals surface area contributed by atoms with Crippen LogP contribution in [0, 0.1) is 0 Å². The number of carbonyl (C=O) groups is 1. The number of amides is 1. The first-order valence-electron chi connectivity index (χ1n) is 5.32. The highest BCUT2D eigenvalue weighted by Crippen LogP contribution is 2.30. The van der Waals surface area contributed by atoms with Gasteiger partial charge in [-0.05, 0) is 23.6 Å². The number of hydrogen-bond donors (Lipinski definition) is 2. The molecule has 2 aromatic rings. The molecule has 0 saturated heterocycles. The zero-order valence-electron chi connectivity index (χ0n) is 9.75. The predicted octanol–water partition coefficient (Wildman–Crippen LogP) is 2.75. The van der Waals surface area contributed by atoms with Crippen molar-refractivity contribution in [3.8, 4) is 0 Å². The minimum absolute atomic E-state index is 0.411. The highest BCUT2D eigenvalue weighted by atomic mass is 32.1. The molecule has 0 aromatic carbocycles. The molecule has 1 unspecified atom stereocenters. The summed E-state index contributed by atoms with van der Waals surface area (Å²) in [6.45, 7) is 0.411. The minimum Gasteiger partial charge on any atom is -0.453 e. The lowest BCUT2D eigenvalue weighted by molar-refractivity contribution is 0.170. The molecule has 96 valence electrons. The third-order valence-electron chi connectivity index (χ3n) is 2.36. The number of thiophene rings is 2. The van der Waals surface area contributed by atoms with E-state index < -0.39 is 12.2 Å². The Balaban J connectivity index is 1.99. The molecule has 0 bridgehead atoms. The molecule has 0 spiro atoms. The third kappa shape index (κ3) is 3.10. The molecule has 2 N–H and O–H groups in total. The number of aliphatic hydroxyl groups is 1. The smallest absolute Gasteiger partial charge is 0.407 e. The standard InChI is InChI=1S/C12H13NO3S2/c1-16-12(15)13-7-8-4-5-10(18-8)11(14)9-3-2-6-17-9/h2-6,11,14H,7H2,1H3,(H,13,15). The van der Waals surface area contributed by atoms with Gasteiger partial charge in [0.25, 0.3) is 0 Å². The lowest BCUT2D eigenvalue weighted by atomic mass is 10.2. The Morgan fingerprint density at radius 3 is 2.94 bits per heavy atom. The summed E-state index contributed by atoms with van der Waals surface area (Å²) in [5.74, 6) is 0. The van der Waals surface area contributed by atoms with Gasteiger partial charge in [0.1, 0.15) is 6.10 Å². The van der Waals surface area contributed by atoms with Gasteiger partial charge in [0, 0.05) is 14.6 Å². The molecule has 4 nitrogen and oxygen atoms in total. The maximum atomic E-state index is 10.9. The van der Waals surface area contributed by atoms with E-state index in [1.165, 1.54) is 29.8 Å². The second-order valence-electron chi connectivity index (χ2n) is 3.57. The molecule has 0 saturated carbocycles. The molecule has 0 aliphatic rings. The van der Waals surface area contributed by atoms with Gasteiger partial charge < -0.3 is 15.2 Å². The highest BCUT2D eigenvalue weighted by molar-refractivity contribution is 7.12. The lowest BCUT2D eigenvalue weighted by Gasteiger charge is -2.05. The molecule has 0 fully saturated rings. The number of carbonyl (C=O) groups excluding carboxylic acids is 1. The second kappa shape index (κ2) is 5.99. The summed E-state index contributed by atoms with van der Waals surface area (Å²) in [6, 6.07) is 7.59. The Morgan fingerprint density at radius 1 is 1.44 bits per heavy atom. The second-order valence-corrected chi connectivity index (χ2v) is 5.75. The molecular weight excluding hydrogens is 270 g/mol. The molecule has 1 amide bonds. The number of methoxy groups -OCH3 is 1. The molecule has 18 heavy (non-hydrogen) atoms. The van der Waals surface area contributed by atoms with Crippen molar-refractivity contribution in [3.05, 3.63) is 44.3 Å². The Labute approximate surface area is 113 Å². The minimum atomic E-state index is -0.582. The van der Waals surface area contributed by atoms with Crippen molar-refractivity contribution in [2.75, 3.05) is 7.11 Å². The molecule has 0 radical (unpaired) electrons. The molecule has 0 aliphatic carbocycles. The normalized spacial score (nSPS) is 12.1. The van der Waals surface area contributed by atoms with Gasteiger partial charge in [-0.25, -0.2) is 4.79 Å². The van der Waals surface area contributed by atoms with E-state index in [0.29, 0.717) is 6.54 Å². The summed E-state index contributed by atoms with van der Waals surface area (Å²) in [4.78, 5) is 13.7.